The number of para-hydroxylation sites is 1. The van der Waals surface area contributed by atoms with Crippen LogP contribution in [0.1, 0.15) is 15.9 Å². The van der Waals surface area contributed by atoms with Gasteiger partial charge in [0.1, 0.15) is 29.3 Å². The van der Waals surface area contributed by atoms with Crippen molar-refractivity contribution >= 4 is 16.9 Å². The lowest BCUT2D eigenvalue weighted by atomic mass is 10.1. The van der Waals surface area contributed by atoms with Crippen molar-refractivity contribution in [2.75, 3.05) is 14.2 Å². The smallest absolute Gasteiger partial charge is 0.342 e. The molecule has 6 heteroatoms. The van der Waals surface area contributed by atoms with Crippen LogP contribution in [0.4, 0.5) is 0 Å². The first-order valence-electron chi connectivity index (χ1n) is 7.53. The number of ether oxygens (including phenoxy) is 3. The van der Waals surface area contributed by atoms with Crippen molar-refractivity contribution in [3.63, 3.8) is 0 Å². The predicted molar refractivity (Wildman–Crippen MR) is 91.1 cm³/mol. The minimum absolute atomic E-state index is 0.0642. The molecule has 0 aliphatic rings. The molecule has 25 heavy (non-hydrogen) atoms. The zero-order valence-corrected chi connectivity index (χ0v) is 13.8. The normalized spacial score (nSPS) is 10.5. The van der Waals surface area contributed by atoms with Crippen LogP contribution >= 0.6 is 0 Å². The molecule has 0 atom stereocenters. The van der Waals surface area contributed by atoms with Gasteiger partial charge in [0.15, 0.2) is 0 Å². The van der Waals surface area contributed by atoms with E-state index in [1.54, 1.807) is 42.5 Å². The highest BCUT2D eigenvalue weighted by Crippen LogP contribution is 2.24. The first-order chi connectivity index (χ1) is 12.1. The number of fused-ring (bicyclic) bond motifs is 1. The molecule has 0 aliphatic carbocycles. The lowest BCUT2D eigenvalue weighted by molar-refractivity contribution is 0.0470. The summed E-state index contributed by atoms with van der Waals surface area (Å²) in [7, 11) is 3.01. The number of esters is 1. The van der Waals surface area contributed by atoms with Crippen LogP contribution in [0, 0.1) is 0 Å². The molecule has 0 amide bonds. The summed E-state index contributed by atoms with van der Waals surface area (Å²) in [5.41, 5.74) is 0.718. The van der Waals surface area contributed by atoms with Gasteiger partial charge < -0.3 is 18.6 Å². The number of hydrogen-bond donors (Lipinski definition) is 0. The van der Waals surface area contributed by atoms with E-state index in [9.17, 15) is 9.59 Å². The molecule has 3 aromatic rings. The number of methoxy groups -OCH3 is 2. The van der Waals surface area contributed by atoms with Crippen molar-refractivity contribution in [1.82, 2.24) is 0 Å². The van der Waals surface area contributed by atoms with Crippen LogP contribution < -0.4 is 15.1 Å². The van der Waals surface area contributed by atoms with Gasteiger partial charge in [-0.25, -0.2) is 9.59 Å². The highest BCUT2D eigenvalue weighted by atomic mass is 16.5. The molecule has 0 spiro atoms. The number of benzene rings is 2. The summed E-state index contributed by atoms with van der Waals surface area (Å²) in [6.45, 7) is -0.0642. The van der Waals surface area contributed by atoms with Crippen molar-refractivity contribution in [3.05, 3.63) is 70.1 Å². The van der Waals surface area contributed by atoms with Crippen LogP contribution in [0.5, 0.6) is 11.5 Å². The van der Waals surface area contributed by atoms with Crippen molar-refractivity contribution in [2.45, 2.75) is 6.61 Å². The molecule has 0 radical (unpaired) electrons. The van der Waals surface area contributed by atoms with E-state index < -0.39 is 11.6 Å². The molecule has 2 aromatic carbocycles. The molecule has 0 saturated heterocycles. The molecular weight excluding hydrogens is 324 g/mol. The molecule has 128 valence electrons. The second kappa shape index (κ2) is 7.09. The fourth-order valence-corrected chi connectivity index (χ4v) is 2.49. The number of carbonyl (C=O) groups is 1. The van der Waals surface area contributed by atoms with E-state index in [0.29, 0.717) is 33.6 Å². The van der Waals surface area contributed by atoms with Crippen LogP contribution in [0.2, 0.25) is 0 Å². The van der Waals surface area contributed by atoms with Crippen LogP contribution in [-0.4, -0.2) is 20.2 Å². The summed E-state index contributed by atoms with van der Waals surface area (Å²) in [6, 6.07) is 13.2. The molecule has 1 aromatic heterocycles. The number of rotatable bonds is 5. The van der Waals surface area contributed by atoms with Crippen LogP contribution in [0.3, 0.4) is 0 Å². The quantitative estimate of drug-likeness (QED) is 0.525. The van der Waals surface area contributed by atoms with Gasteiger partial charge in [-0.15, -0.1) is 0 Å². The summed E-state index contributed by atoms with van der Waals surface area (Å²) >= 11 is 0. The van der Waals surface area contributed by atoms with E-state index in [1.807, 2.05) is 0 Å². The largest absolute Gasteiger partial charge is 0.497 e. The van der Waals surface area contributed by atoms with Crippen molar-refractivity contribution < 1.29 is 23.4 Å². The minimum Gasteiger partial charge on any atom is -0.497 e. The standard InChI is InChI=1S/C19H16O6/c1-22-13-7-8-14-12(9-18(20)25-17(14)10-13)11-24-19(21)15-5-3-4-6-16(15)23-2/h3-10H,11H2,1-2H3. The molecule has 1 heterocycles. The molecule has 0 fully saturated rings. The summed E-state index contributed by atoms with van der Waals surface area (Å²) in [5, 5.41) is 0.674. The van der Waals surface area contributed by atoms with Gasteiger partial charge in [0.05, 0.1) is 14.2 Å². The first kappa shape index (κ1) is 16.6. The van der Waals surface area contributed by atoms with E-state index >= 15 is 0 Å². The molecular formula is C19H16O6. The van der Waals surface area contributed by atoms with Crippen LogP contribution in [-0.2, 0) is 11.3 Å². The average molecular weight is 340 g/mol. The predicted octanol–water partition coefficient (Wildman–Crippen LogP) is 3.17. The third-order valence-electron chi connectivity index (χ3n) is 3.72. The Bertz CT molecular complexity index is 973. The van der Waals surface area contributed by atoms with E-state index in [1.165, 1.54) is 20.3 Å². The lowest BCUT2D eigenvalue weighted by Crippen LogP contribution is -2.09. The zero-order chi connectivity index (χ0) is 17.8. The zero-order valence-electron chi connectivity index (χ0n) is 13.8. The van der Waals surface area contributed by atoms with Crippen LogP contribution in [0.25, 0.3) is 11.0 Å². The third-order valence-corrected chi connectivity index (χ3v) is 3.72. The van der Waals surface area contributed by atoms with Gasteiger partial charge in [-0.05, 0) is 24.3 Å². The fourth-order valence-electron chi connectivity index (χ4n) is 2.49. The molecule has 0 unspecified atom stereocenters. The van der Waals surface area contributed by atoms with E-state index in [-0.39, 0.29) is 6.61 Å². The molecule has 0 bridgehead atoms. The Hall–Kier alpha value is -3.28. The van der Waals surface area contributed by atoms with Gasteiger partial charge in [0, 0.05) is 23.1 Å². The Morgan fingerprint density at radius 1 is 1.04 bits per heavy atom. The molecule has 0 N–H and O–H groups in total. The van der Waals surface area contributed by atoms with E-state index in [2.05, 4.69) is 0 Å². The average Bonchev–Trinajstić information content (AvgIpc) is 2.65. The van der Waals surface area contributed by atoms with E-state index in [4.69, 9.17) is 18.6 Å². The Balaban J connectivity index is 1.88. The van der Waals surface area contributed by atoms with Gasteiger partial charge in [0.2, 0.25) is 0 Å². The minimum atomic E-state index is -0.535. The number of hydrogen-bond acceptors (Lipinski definition) is 6. The Morgan fingerprint density at radius 2 is 1.84 bits per heavy atom. The van der Waals surface area contributed by atoms with Gasteiger partial charge >= 0.3 is 11.6 Å². The van der Waals surface area contributed by atoms with Crippen molar-refractivity contribution in [2.24, 2.45) is 0 Å². The van der Waals surface area contributed by atoms with Crippen LogP contribution in [0.15, 0.2) is 57.7 Å². The summed E-state index contributed by atoms with van der Waals surface area (Å²) in [4.78, 5) is 24.0. The van der Waals surface area contributed by atoms with Gasteiger partial charge in [-0.3, -0.25) is 0 Å². The molecule has 3 rings (SSSR count). The van der Waals surface area contributed by atoms with Gasteiger partial charge in [0.25, 0.3) is 0 Å². The van der Waals surface area contributed by atoms with Gasteiger partial charge in [-0.2, -0.15) is 0 Å². The maximum absolute atomic E-state index is 12.3. The fraction of sp³-hybridized carbons (Fsp3) is 0.158. The monoisotopic (exact) mass is 340 g/mol. The summed E-state index contributed by atoms with van der Waals surface area (Å²) in [5.74, 6) is 0.459. The maximum Gasteiger partial charge on any atom is 0.342 e. The highest BCUT2D eigenvalue weighted by molar-refractivity contribution is 5.92. The molecule has 0 aliphatic heterocycles. The second-order valence-corrected chi connectivity index (χ2v) is 5.23. The summed E-state index contributed by atoms with van der Waals surface area (Å²) < 4.78 is 20.8. The van der Waals surface area contributed by atoms with Crippen molar-refractivity contribution in [1.29, 1.82) is 0 Å². The topological polar surface area (TPSA) is 75.0 Å². The Morgan fingerprint density at radius 3 is 2.60 bits per heavy atom. The Labute approximate surface area is 143 Å². The molecule has 6 nitrogen and oxygen atoms in total. The first-order valence-corrected chi connectivity index (χ1v) is 7.53. The maximum atomic E-state index is 12.3. The third kappa shape index (κ3) is 3.47. The van der Waals surface area contributed by atoms with E-state index in [0.717, 1.165) is 0 Å². The van der Waals surface area contributed by atoms with Gasteiger partial charge in [-0.1, -0.05) is 12.1 Å². The second-order valence-electron chi connectivity index (χ2n) is 5.23. The lowest BCUT2D eigenvalue weighted by Gasteiger charge is -2.10. The van der Waals surface area contributed by atoms with Crippen molar-refractivity contribution in [3.8, 4) is 11.5 Å². The Kier molecular flexibility index (Phi) is 4.70. The number of carbonyl (C=O) groups excluding carboxylic acids is 1. The SMILES string of the molecule is COc1ccc2c(COC(=O)c3ccccc3OC)cc(=O)oc2c1. The highest BCUT2D eigenvalue weighted by Gasteiger charge is 2.14. The summed E-state index contributed by atoms with van der Waals surface area (Å²) in [6.07, 6.45) is 0. The molecule has 0 saturated carbocycles.